The summed E-state index contributed by atoms with van der Waals surface area (Å²) in [6, 6.07) is 0. The Bertz CT molecular complexity index is 771. The SMILES string of the molecule is CC(C)[C@H]1CC[C@@H](C)C[C@H]1OC(=O)C[N+](C)(C)CCCCCCCCCC[N+](C)(C)CC(=O)O[C@@H]1C[C@H](C)CC[C@H]1C(C)C. The van der Waals surface area contributed by atoms with E-state index in [2.05, 4.69) is 69.7 Å². The van der Waals surface area contributed by atoms with Gasteiger partial charge in [0.25, 0.3) is 0 Å². The third-order valence-corrected chi connectivity index (χ3v) is 10.9. The Balaban J connectivity index is 1.53. The lowest BCUT2D eigenvalue weighted by Gasteiger charge is -2.37. The van der Waals surface area contributed by atoms with Gasteiger partial charge < -0.3 is 18.4 Å². The summed E-state index contributed by atoms with van der Waals surface area (Å²) < 4.78 is 13.6. The second-order valence-corrected chi connectivity index (χ2v) is 17.2. The molecule has 0 N–H and O–H groups in total. The zero-order valence-corrected chi connectivity index (χ0v) is 30.9. The van der Waals surface area contributed by atoms with Crippen LogP contribution < -0.4 is 0 Å². The van der Waals surface area contributed by atoms with Crippen LogP contribution in [0.1, 0.15) is 131 Å². The van der Waals surface area contributed by atoms with Crippen LogP contribution in [0.15, 0.2) is 0 Å². The summed E-state index contributed by atoms with van der Waals surface area (Å²) >= 11 is 0. The summed E-state index contributed by atoms with van der Waals surface area (Å²) in [6.07, 6.45) is 17.0. The van der Waals surface area contributed by atoms with E-state index >= 15 is 0 Å². The topological polar surface area (TPSA) is 52.6 Å². The van der Waals surface area contributed by atoms with Gasteiger partial charge >= 0.3 is 11.9 Å². The van der Waals surface area contributed by atoms with Crippen LogP contribution in [0.25, 0.3) is 0 Å². The van der Waals surface area contributed by atoms with Crippen LogP contribution in [0.3, 0.4) is 0 Å². The van der Waals surface area contributed by atoms with Gasteiger partial charge in [-0.3, -0.25) is 0 Å². The molecule has 0 unspecified atom stereocenters. The van der Waals surface area contributed by atoms with Crippen LogP contribution in [0.2, 0.25) is 0 Å². The molecule has 0 bridgehead atoms. The van der Waals surface area contributed by atoms with E-state index in [1.165, 1.54) is 64.2 Å². The molecule has 2 saturated carbocycles. The van der Waals surface area contributed by atoms with Crippen molar-refractivity contribution in [1.82, 2.24) is 0 Å². The molecule has 0 spiro atoms. The molecule has 0 aliphatic heterocycles. The van der Waals surface area contributed by atoms with Gasteiger partial charge in [0.05, 0.1) is 41.3 Å². The van der Waals surface area contributed by atoms with Crippen LogP contribution in [0.4, 0.5) is 0 Å². The predicted molar refractivity (Wildman–Crippen MR) is 183 cm³/mol. The highest BCUT2D eigenvalue weighted by molar-refractivity contribution is 5.71. The first-order chi connectivity index (χ1) is 20.6. The fourth-order valence-corrected chi connectivity index (χ4v) is 7.91. The standard InChI is InChI=1S/C38H74N2O4/c1-29(2)33-21-19-31(5)25-35(33)43-37(41)27-39(7,8)23-17-15-13-11-12-14-16-18-24-40(9,10)28-38(42)44-36-26-32(6)20-22-34(36)30(3)4/h29-36H,11-28H2,1-10H3/q+2/t31-,32-,33-,34+,35-,36-/m1/s1. The van der Waals surface area contributed by atoms with Gasteiger partial charge in [-0.05, 0) is 86.9 Å². The first kappa shape index (κ1) is 39.0. The number of nitrogens with zero attached hydrogens (tertiary/aromatic N) is 2. The molecule has 0 radical (unpaired) electrons. The molecule has 0 aromatic rings. The van der Waals surface area contributed by atoms with Crippen LogP contribution >= 0.6 is 0 Å². The Kier molecular flexibility index (Phi) is 16.7. The first-order valence-corrected chi connectivity index (χ1v) is 18.6. The summed E-state index contributed by atoms with van der Waals surface area (Å²) in [5.41, 5.74) is 0. The van der Waals surface area contributed by atoms with Gasteiger partial charge in [0, 0.05) is 0 Å². The monoisotopic (exact) mass is 623 g/mol. The zero-order valence-electron chi connectivity index (χ0n) is 30.9. The highest BCUT2D eigenvalue weighted by Gasteiger charge is 2.36. The molecule has 0 aromatic carbocycles. The second-order valence-electron chi connectivity index (χ2n) is 17.2. The Labute approximate surface area is 273 Å². The summed E-state index contributed by atoms with van der Waals surface area (Å²) in [6.45, 7) is 16.6. The van der Waals surface area contributed by atoms with E-state index in [-0.39, 0.29) is 24.1 Å². The summed E-state index contributed by atoms with van der Waals surface area (Å²) in [7, 11) is 8.68. The van der Waals surface area contributed by atoms with Crippen molar-refractivity contribution in [2.45, 2.75) is 144 Å². The third-order valence-electron chi connectivity index (χ3n) is 10.9. The maximum absolute atomic E-state index is 12.8. The van der Waals surface area contributed by atoms with Crippen molar-refractivity contribution >= 4 is 11.9 Å². The highest BCUT2D eigenvalue weighted by atomic mass is 16.5. The Morgan fingerprint density at radius 2 is 0.886 bits per heavy atom. The van der Waals surface area contributed by atoms with Crippen molar-refractivity contribution in [3.05, 3.63) is 0 Å². The van der Waals surface area contributed by atoms with Crippen molar-refractivity contribution in [2.24, 2.45) is 35.5 Å². The van der Waals surface area contributed by atoms with Crippen molar-refractivity contribution in [3.8, 4) is 0 Å². The minimum Gasteiger partial charge on any atom is -0.458 e. The van der Waals surface area contributed by atoms with Crippen LogP contribution in [0.5, 0.6) is 0 Å². The molecule has 0 saturated heterocycles. The lowest BCUT2D eigenvalue weighted by Crippen LogP contribution is -2.47. The molecular formula is C38H74N2O4+2. The summed E-state index contributed by atoms with van der Waals surface area (Å²) in [5, 5.41) is 0. The molecule has 6 nitrogen and oxygen atoms in total. The smallest absolute Gasteiger partial charge is 0.362 e. The minimum absolute atomic E-state index is 0.0166. The fourth-order valence-electron chi connectivity index (χ4n) is 7.91. The number of rotatable bonds is 19. The largest absolute Gasteiger partial charge is 0.458 e. The number of unbranched alkanes of at least 4 members (excludes halogenated alkanes) is 7. The Morgan fingerprint density at radius 3 is 1.20 bits per heavy atom. The molecule has 258 valence electrons. The zero-order chi connectivity index (χ0) is 32.9. The summed E-state index contributed by atoms with van der Waals surface area (Å²) in [4.78, 5) is 25.7. The molecule has 2 rings (SSSR count). The molecule has 2 aliphatic rings. The second kappa shape index (κ2) is 18.9. The van der Waals surface area contributed by atoms with Crippen molar-refractivity contribution in [1.29, 1.82) is 0 Å². The van der Waals surface area contributed by atoms with Gasteiger partial charge in [-0.25, -0.2) is 9.59 Å². The van der Waals surface area contributed by atoms with E-state index in [1.54, 1.807) is 0 Å². The first-order valence-electron chi connectivity index (χ1n) is 18.6. The quantitative estimate of drug-likeness (QED) is 0.0827. The predicted octanol–water partition coefficient (Wildman–Crippen LogP) is 8.27. The Morgan fingerprint density at radius 1 is 0.568 bits per heavy atom. The number of likely N-dealkylation sites (N-methyl/N-ethyl adjacent to an activating group) is 2. The maximum atomic E-state index is 12.8. The average Bonchev–Trinajstić information content (AvgIpc) is 2.88. The lowest BCUT2D eigenvalue weighted by atomic mass is 9.75. The third kappa shape index (κ3) is 15.0. The van der Waals surface area contributed by atoms with Gasteiger partial charge in [0.2, 0.25) is 0 Å². The van der Waals surface area contributed by atoms with E-state index in [9.17, 15) is 9.59 Å². The van der Waals surface area contributed by atoms with Crippen molar-refractivity contribution < 1.29 is 28.0 Å². The molecule has 6 heteroatoms. The van der Waals surface area contributed by atoms with Gasteiger partial charge in [0.1, 0.15) is 12.2 Å². The van der Waals surface area contributed by atoms with Gasteiger partial charge in [-0.15, -0.1) is 0 Å². The molecule has 0 heterocycles. The molecule has 6 atom stereocenters. The normalized spacial score (nSPS) is 26.6. The molecule has 0 aromatic heterocycles. The van der Waals surface area contributed by atoms with Crippen LogP contribution in [-0.2, 0) is 19.1 Å². The number of ether oxygens (including phenoxy) is 2. The number of carbonyl (C=O) groups is 2. The lowest BCUT2D eigenvalue weighted by molar-refractivity contribution is -0.883. The van der Waals surface area contributed by atoms with E-state index in [0.29, 0.717) is 57.6 Å². The molecule has 2 aliphatic carbocycles. The number of quaternary nitrogens is 2. The molecule has 44 heavy (non-hydrogen) atoms. The number of hydrogen-bond acceptors (Lipinski definition) is 4. The van der Waals surface area contributed by atoms with Crippen LogP contribution in [-0.4, -0.2) is 87.5 Å². The van der Waals surface area contributed by atoms with Gasteiger partial charge in [-0.2, -0.15) is 0 Å². The molecule has 2 fully saturated rings. The molecule has 0 amide bonds. The van der Waals surface area contributed by atoms with Crippen molar-refractivity contribution in [3.63, 3.8) is 0 Å². The Hall–Kier alpha value is -1.14. The summed E-state index contributed by atoms with van der Waals surface area (Å²) in [5.74, 6) is 3.42. The average molecular weight is 623 g/mol. The minimum atomic E-state index is -0.0166. The fraction of sp³-hybridized carbons (Fsp3) is 0.947. The van der Waals surface area contributed by atoms with Gasteiger partial charge in [-0.1, -0.05) is 80.1 Å². The van der Waals surface area contributed by atoms with Crippen LogP contribution in [0, 0.1) is 35.5 Å². The number of carbonyl (C=O) groups excluding carboxylic acids is 2. The van der Waals surface area contributed by atoms with Gasteiger partial charge in [0.15, 0.2) is 13.1 Å². The van der Waals surface area contributed by atoms with E-state index in [1.807, 2.05) is 0 Å². The molecular weight excluding hydrogens is 548 g/mol. The number of esters is 2. The van der Waals surface area contributed by atoms with E-state index in [4.69, 9.17) is 9.47 Å². The number of hydrogen-bond donors (Lipinski definition) is 0. The van der Waals surface area contributed by atoms with Crippen molar-refractivity contribution in [2.75, 3.05) is 54.4 Å². The van der Waals surface area contributed by atoms with E-state index < -0.39 is 0 Å². The maximum Gasteiger partial charge on any atom is 0.362 e. The van der Waals surface area contributed by atoms with E-state index in [0.717, 1.165) is 38.8 Å². The highest BCUT2D eigenvalue weighted by Crippen LogP contribution is 2.36.